The Morgan fingerprint density at radius 2 is 1.73 bits per heavy atom. The molecule has 0 spiro atoms. The summed E-state index contributed by atoms with van der Waals surface area (Å²) in [5.74, 6) is -1.63. The molecule has 1 fully saturated rings. The number of carboxylic acid groups (broad SMARTS) is 2. The van der Waals surface area contributed by atoms with Gasteiger partial charge in [0, 0.05) is 30.6 Å². The Bertz CT molecular complexity index is 1070. The molecular weight excluding hydrogens is 424 g/mol. The van der Waals surface area contributed by atoms with Gasteiger partial charge in [-0.25, -0.2) is 9.59 Å². The number of ether oxygens (including phenoxy) is 1. The summed E-state index contributed by atoms with van der Waals surface area (Å²) in [6.07, 6.45) is 0.868. The molecule has 8 heteroatoms. The molecule has 2 N–H and O–H groups in total. The molecule has 180 valence electrons. The lowest BCUT2D eigenvalue weighted by Gasteiger charge is -2.33. The van der Waals surface area contributed by atoms with E-state index in [1.165, 1.54) is 9.47 Å². The fourth-order valence-electron chi connectivity index (χ4n) is 4.57. The van der Waals surface area contributed by atoms with Gasteiger partial charge in [-0.3, -0.25) is 9.36 Å². The van der Waals surface area contributed by atoms with E-state index >= 15 is 0 Å². The second-order valence-electron chi connectivity index (χ2n) is 11.2. The van der Waals surface area contributed by atoms with Crippen molar-refractivity contribution in [3.05, 3.63) is 36.0 Å². The van der Waals surface area contributed by atoms with E-state index in [9.17, 15) is 24.6 Å². The maximum absolute atomic E-state index is 12.9. The largest absolute Gasteiger partial charge is 0.481 e. The fourth-order valence-corrected chi connectivity index (χ4v) is 4.57. The van der Waals surface area contributed by atoms with Crippen molar-refractivity contribution in [1.29, 1.82) is 0 Å². The molecule has 1 aliphatic heterocycles. The average molecular weight is 459 g/mol. The van der Waals surface area contributed by atoms with Crippen molar-refractivity contribution in [2.24, 2.45) is 10.8 Å². The molecule has 0 aliphatic carbocycles. The number of aliphatic carboxylic acids is 1. The standard InChI is InChI=1S/C25H34N2O6/c1-23(2,3)11-12-25(20(28)29)15-26(21(30)31)14-18(25)17-13-27(22(32)33-24(4,5)6)19-10-8-7-9-16(17)19/h7-10,13,18H,11-12,14-15H2,1-6H3,(H,28,29)(H,30,31). The third kappa shape index (κ3) is 4.99. The number of nitrogens with zero attached hydrogens (tertiary/aromatic N) is 2. The van der Waals surface area contributed by atoms with E-state index in [-0.39, 0.29) is 18.5 Å². The summed E-state index contributed by atoms with van der Waals surface area (Å²) >= 11 is 0. The first kappa shape index (κ1) is 24.6. The fraction of sp³-hybridized carbons (Fsp3) is 0.560. The minimum absolute atomic E-state index is 0.0497. The van der Waals surface area contributed by atoms with Crippen LogP contribution in [0.1, 0.15) is 65.9 Å². The quantitative estimate of drug-likeness (QED) is 0.635. The number of benzene rings is 1. The monoisotopic (exact) mass is 458 g/mol. The molecular formula is C25H34N2O6. The molecule has 0 bridgehead atoms. The molecule has 2 atom stereocenters. The zero-order valence-electron chi connectivity index (χ0n) is 20.2. The van der Waals surface area contributed by atoms with Crippen LogP contribution in [0.3, 0.4) is 0 Å². The van der Waals surface area contributed by atoms with Crippen molar-refractivity contribution in [3.8, 4) is 0 Å². The van der Waals surface area contributed by atoms with E-state index in [0.29, 0.717) is 23.9 Å². The number of rotatable bonds is 4. The summed E-state index contributed by atoms with van der Waals surface area (Å²) < 4.78 is 6.96. The number of carboxylic acids is 1. The molecule has 0 saturated carbocycles. The summed E-state index contributed by atoms with van der Waals surface area (Å²) in [5.41, 5.74) is -0.863. The number of carbonyl (C=O) groups is 3. The van der Waals surface area contributed by atoms with Crippen LogP contribution >= 0.6 is 0 Å². The van der Waals surface area contributed by atoms with Crippen LogP contribution in [0.15, 0.2) is 30.5 Å². The summed E-state index contributed by atoms with van der Waals surface area (Å²) in [4.78, 5) is 38.7. The minimum atomic E-state index is -1.30. The highest BCUT2D eigenvalue weighted by Crippen LogP contribution is 2.50. The van der Waals surface area contributed by atoms with Crippen molar-refractivity contribution in [3.63, 3.8) is 0 Å². The molecule has 1 amide bonds. The van der Waals surface area contributed by atoms with Crippen LogP contribution in [0.2, 0.25) is 0 Å². The molecule has 1 saturated heterocycles. The predicted molar refractivity (Wildman–Crippen MR) is 125 cm³/mol. The molecule has 2 heterocycles. The highest BCUT2D eigenvalue weighted by Gasteiger charge is 2.55. The van der Waals surface area contributed by atoms with Gasteiger partial charge < -0.3 is 19.8 Å². The van der Waals surface area contributed by atoms with Crippen LogP contribution in [0.25, 0.3) is 10.9 Å². The first-order chi connectivity index (χ1) is 15.1. The van der Waals surface area contributed by atoms with E-state index in [2.05, 4.69) is 0 Å². The van der Waals surface area contributed by atoms with Crippen molar-refractivity contribution in [2.75, 3.05) is 13.1 Å². The van der Waals surface area contributed by atoms with Gasteiger partial charge in [0.05, 0.1) is 10.9 Å². The number of carbonyl (C=O) groups excluding carboxylic acids is 1. The van der Waals surface area contributed by atoms with Gasteiger partial charge in [0.25, 0.3) is 0 Å². The maximum Gasteiger partial charge on any atom is 0.419 e. The zero-order valence-corrected chi connectivity index (χ0v) is 20.2. The van der Waals surface area contributed by atoms with Gasteiger partial charge in [-0.1, -0.05) is 39.0 Å². The van der Waals surface area contributed by atoms with Gasteiger partial charge in [0.15, 0.2) is 0 Å². The minimum Gasteiger partial charge on any atom is -0.481 e. The summed E-state index contributed by atoms with van der Waals surface area (Å²) in [5, 5.41) is 20.8. The smallest absolute Gasteiger partial charge is 0.419 e. The Labute approximate surface area is 194 Å². The highest BCUT2D eigenvalue weighted by atomic mass is 16.6. The van der Waals surface area contributed by atoms with Gasteiger partial charge in [-0.2, -0.15) is 0 Å². The Hall–Kier alpha value is -3.03. The molecule has 1 aromatic heterocycles. The Morgan fingerprint density at radius 3 is 2.27 bits per heavy atom. The van der Waals surface area contributed by atoms with E-state index < -0.39 is 35.1 Å². The first-order valence-corrected chi connectivity index (χ1v) is 11.2. The Kier molecular flexibility index (Phi) is 6.26. The van der Waals surface area contributed by atoms with E-state index in [4.69, 9.17) is 4.74 Å². The van der Waals surface area contributed by atoms with E-state index in [1.54, 1.807) is 39.1 Å². The number of amides is 1. The van der Waals surface area contributed by atoms with Crippen molar-refractivity contribution in [2.45, 2.75) is 65.9 Å². The molecule has 2 unspecified atom stereocenters. The third-order valence-electron chi connectivity index (χ3n) is 6.27. The van der Waals surface area contributed by atoms with Crippen molar-refractivity contribution >= 4 is 29.1 Å². The number of hydrogen-bond acceptors (Lipinski definition) is 4. The second-order valence-corrected chi connectivity index (χ2v) is 11.2. The van der Waals surface area contributed by atoms with Gasteiger partial charge in [0.1, 0.15) is 5.60 Å². The average Bonchev–Trinajstić information content (AvgIpc) is 3.24. The van der Waals surface area contributed by atoms with Gasteiger partial charge in [0.2, 0.25) is 0 Å². The molecule has 8 nitrogen and oxygen atoms in total. The third-order valence-corrected chi connectivity index (χ3v) is 6.27. The van der Waals surface area contributed by atoms with Gasteiger partial charge in [-0.15, -0.1) is 0 Å². The highest BCUT2D eigenvalue weighted by molar-refractivity contribution is 5.93. The molecule has 0 radical (unpaired) electrons. The van der Waals surface area contributed by atoms with E-state index in [1.807, 2.05) is 32.9 Å². The molecule has 33 heavy (non-hydrogen) atoms. The molecule has 1 aromatic carbocycles. The number of para-hydroxylation sites is 1. The second kappa shape index (κ2) is 8.39. The van der Waals surface area contributed by atoms with Crippen molar-refractivity contribution < 1.29 is 29.3 Å². The molecule has 3 rings (SSSR count). The Morgan fingerprint density at radius 1 is 1.09 bits per heavy atom. The number of likely N-dealkylation sites (tertiary alicyclic amines) is 1. The molecule has 1 aliphatic rings. The number of aromatic nitrogens is 1. The topological polar surface area (TPSA) is 109 Å². The molecule has 2 aromatic rings. The van der Waals surface area contributed by atoms with Crippen LogP contribution < -0.4 is 0 Å². The van der Waals surface area contributed by atoms with Crippen LogP contribution in [-0.4, -0.2) is 56.5 Å². The van der Waals surface area contributed by atoms with Crippen LogP contribution in [-0.2, 0) is 9.53 Å². The zero-order chi connectivity index (χ0) is 24.8. The van der Waals surface area contributed by atoms with Gasteiger partial charge in [-0.05, 0) is 50.7 Å². The summed E-state index contributed by atoms with van der Waals surface area (Å²) in [6.45, 7) is 11.4. The maximum atomic E-state index is 12.9. The lowest BCUT2D eigenvalue weighted by Crippen LogP contribution is -2.39. The lowest BCUT2D eigenvalue weighted by molar-refractivity contribution is -0.149. The summed E-state index contributed by atoms with van der Waals surface area (Å²) in [6, 6.07) is 7.25. The number of fused-ring (bicyclic) bond motifs is 1. The van der Waals surface area contributed by atoms with Crippen LogP contribution in [0.4, 0.5) is 9.59 Å². The lowest BCUT2D eigenvalue weighted by atomic mass is 9.69. The summed E-state index contributed by atoms with van der Waals surface area (Å²) in [7, 11) is 0. The SMILES string of the molecule is CC(C)(C)CCC1(C(=O)O)CN(C(=O)O)CC1c1cn(C(=O)OC(C)(C)C)c2ccccc12. The number of hydrogen-bond donors (Lipinski definition) is 2. The van der Waals surface area contributed by atoms with Crippen LogP contribution in [0.5, 0.6) is 0 Å². The first-order valence-electron chi connectivity index (χ1n) is 11.2. The normalized spacial score (nSPS) is 21.4. The van der Waals surface area contributed by atoms with Crippen molar-refractivity contribution in [1.82, 2.24) is 9.47 Å². The van der Waals surface area contributed by atoms with Gasteiger partial charge >= 0.3 is 18.2 Å². The van der Waals surface area contributed by atoms with Crippen LogP contribution in [0, 0.1) is 10.8 Å². The predicted octanol–water partition coefficient (Wildman–Crippen LogP) is 5.40. The Balaban J connectivity index is 2.17. The van der Waals surface area contributed by atoms with E-state index in [0.717, 1.165) is 5.39 Å².